The Morgan fingerprint density at radius 1 is 1.32 bits per heavy atom. The van der Waals surface area contributed by atoms with Crippen LogP contribution in [0.5, 0.6) is 0 Å². The predicted octanol–water partition coefficient (Wildman–Crippen LogP) is 1.06. The summed E-state index contributed by atoms with van der Waals surface area (Å²) in [4.78, 5) is 25.7. The summed E-state index contributed by atoms with van der Waals surface area (Å²) in [6.07, 6.45) is 0.966. The highest BCUT2D eigenvalue weighted by Crippen LogP contribution is 2.36. The minimum Gasteiger partial charge on any atom is -0.479 e. The summed E-state index contributed by atoms with van der Waals surface area (Å²) in [5.74, 6) is -0.977. The second-order valence-corrected chi connectivity index (χ2v) is 6.45. The lowest BCUT2D eigenvalue weighted by Crippen LogP contribution is -2.71. The van der Waals surface area contributed by atoms with Crippen molar-refractivity contribution in [3.05, 3.63) is 0 Å². The number of amides is 1. The number of ether oxygens (including phenoxy) is 1. The molecule has 19 heavy (non-hydrogen) atoms. The average molecular weight is 270 g/mol. The number of carboxylic acids is 1. The molecule has 0 aliphatic carbocycles. The van der Waals surface area contributed by atoms with Crippen LogP contribution in [0, 0.1) is 5.92 Å². The van der Waals surface area contributed by atoms with Crippen LogP contribution in [0.25, 0.3) is 0 Å². The van der Waals surface area contributed by atoms with Crippen molar-refractivity contribution >= 4 is 12.1 Å². The van der Waals surface area contributed by atoms with Crippen LogP contribution < -0.4 is 5.32 Å². The van der Waals surface area contributed by atoms with Crippen LogP contribution in [-0.2, 0) is 9.53 Å². The van der Waals surface area contributed by atoms with E-state index in [9.17, 15) is 14.7 Å². The van der Waals surface area contributed by atoms with Gasteiger partial charge in [-0.15, -0.1) is 0 Å². The molecular formula is C13H22N2O4. The quantitative estimate of drug-likeness (QED) is 0.784. The van der Waals surface area contributed by atoms with Gasteiger partial charge in [0.05, 0.1) is 0 Å². The number of nitrogens with zero attached hydrogens (tertiary/aromatic N) is 1. The Kier molecular flexibility index (Phi) is 3.47. The van der Waals surface area contributed by atoms with Gasteiger partial charge in [0.25, 0.3) is 0 Å². The Morgan fingerprint density at radius 2 is 1.89 bits per heavy atom. The van der Waals surface area contributed by atoms with Gasteiger partial charge in [-0.2, -0.15) is 0 Å². The molecule has 1 unspecified atom stereocenters. The van der Waals surface area contributed by atoms with Gasteiger partial charge in [-0.05, 0) is 52.6 Å². The molecule has 108 valence electrons. The molecule has 0 aromatic rings. The fourth-order valence-electron chi connectivity index (χ4n) is 2.99. The van der Waals surface area contributed by atoms with Crippen LogP contribution in [0.1, 0.15) is 33.6 Å². The summed E-state index contributed by atoms with van der Waals surface area (Å²) in [6.45, 7) is 7.47. The number of nitrogens with one attached hydrogen (secondary N) is 1. The molecular weight excluding hydrogens is 248 g/mol. The van der Waals surface area contributed by atoms with E-state index in [-0.39, 0.29) is 5.92 Å². The molecule has 0 aromatic heterocycles. The van der Waals surface area contributed by atoms with Crippen LogP contribution in [0.15, 0.2) is 0 Å². The summed E-state index contributed by atoms with van der Waals surface area (Å²) >= 11 is 0. The van der Waals surface area contributed by atoms with Gasteiger partial charge in [-0.3, -0.25) is 0 Å². The normalized spacial score (nSPS) is 33.8. The lowest BCUT2D eigenvalue weighted by Gasteiger charge is -2.50. The van der Waals surface area contributed by atoms with E-state index in [0.29, 0.717) is 6.54 Å². The second kappa shape index (κ2) is 4.67. The van der Waals surface area contributed by atoms with E-state index >= 15 is 0 Å². The lowest BCUT2D eigenvalue weighted by molar-refractivity contribution is -0.154. The third-order valence-corrected chi connectivity index (χ3v) is 3.86. The van der Waals surface area contributed by atoms with Crippen molar-refractivity contribution in [3.8, 4) is 0 Å². The maximum Gasteiger partial charge on any atom is 0.408 e. The molecule has 3 rings (SSSR count). The van der Waals surface area contributed by atoms with E-state index in [1.807, 2.05) is 0 Å². The average Bonchev–Trinajstić information content (AvgIpc) is 2.27. The Hall–Kier alpha value is -1.30. The van der Waals surface area contributed by atoms with Crippen molar-refractivity contribution in [2.45, 2.75) is 44.8 Å². The number of carboxylic acid groups (broad SMARTS) is 1. The van der Waals surface area contributed by atoms with E-state index in [1.54, 1.807) is 20.8 Å². The van der Waals surface area contributed by atoms with Crippen LogP contribution in [0.4, 0.5) is 4.79 Å². The molecule has 1 atom stereocenters. The van der Waals surface area contributed by atoms with Crippen LogP contribution in [0.2, 0.25) is 0 Å². The van der Waals surface area contributed by atoms with Crippen molar-refractivity contribution in [1.82, 2.24) is 10.2 Å². The van der Waals surface area contributed by atoms with Gasteiger partial charge in [-0.25, -0.2) is 9.59 Å². The number of fused-ring (bicyclic) bond motifs is 3. The topological polar surface area (TPSA) is 78.9 Å². The lowest BCUT2D eigenvalue weighted by atomic mass is 9.73. The number of rotatable bonds is 2. The molecule has 0 aromatic carbocycles. The summed E-state index contributed by atoms with van der Waals surface area (Å²) in [5, 5.41) is 12.2. The fraction of sp³-hybridized carbons (Fsp3) is 0.846. The van der Waals surface area contributed by atoms with E-state index in [2.05, 4.69) is 10.2 Å². The SMILES string of the molecule is CC(C)(C)OC(=O)NC1(C(=O)O)CN2CCC1CC2. The summed E-state index contributed by atoms with van der Waals surface area (Å²) in [7, 11) is 0. The van der Waals surface area contributed by atoms with Gasteiger partial charge >= 0.3 is 12.1 Å². The third-order valence-electron chi connectivity index (χ3n) is 3.86. The van der Waals surface area contributed by atoms with Crippen LogP contribution in [-0.4, -0.2) is 52.8 Å². The highest BCUT2D eigenvalue weighted by atomic mass is 16.6. The van der Waals surface area contributed by atoms with Crippen molar-refractivity contribution < 1.29 is 19.4 Å². The maximum atomic E-state index is 11.9. The smallest absolute Gasteiger partial charge is 0.408 e. The number of alkyl carbamates (subject to hydrolysis) is 1. The van der Waals surface area contributed by atoms with Gasteiger partial charge in [0.2, 0.25) is 0 Å². The van der Waals surface area contributed by atoms with Gasteiger partial charge in [-0.1, -0.05) is 0 Å². The van der Waals surface area contributed by atoms with Crippen LogP contribution >= 0.6 is 0 Å². The monoisotopic (exact) mass is 270 g/mol. The first-order valence-corrected chi connectivity index (χ1v) is 6.70. The Balaban J connectivity index is 2.13. The van der Waals surface area contributed by atoms with E-state index in [0.717, 1.165) is 25.9 Å². The van der Waals surface area contributed by atoms with Crippen molar-refractivity contribution in [1.29, 1.82) is 0 Å². The first-order chi connectivity index (χ1) is 8.73. The Bertz CT molecular complexity index is 383. The number of hydrogen-bond acceptors (Lipinski definition) is 4. The molecule has 0 radical (unpaired) electrons. The number of hydrogen-bond donors (Lipinski definition) is 2. The molecule has 3 saturated heterocycles. The molecule has 0 spiro atoms. The van der Waals surface area contributed by atoms with Crippen molar-refractivity contribution in [2.75, 3.05) is 19.6 Å². The van der Waals surface area contributed by atoms with Gasteiger partial charge in [0, 0.05) is 6.54 Å². The summed E-state index contributed by atoms with van der Waals surface area (Å²) in [5.41, 5.74) is -1.82. The van der Waals surface area contributed by atoms with Gasteiger partial charge in [0.15, 0.2) is 5.54 Å². The van der Waals surface area contributed by atoms with E-state index < -0.39 is 23.2 Å². The number of aliphatic carboxylic acids is 1. The Labute approximate surface area is 113 Å². The summed E-state index contributed by atoms with van der Waals surface area (Å²) in [6, 6.07) is 0. The molecule has 3 aliphatic rings. The van der Waals surface area contributed by atoms with Crippen molar-refractivity contribution in [3.63, 3.8) is 0 Å². The molecule has 3 heterocycles. The standard InChI is InChI=1S/C13H22N2O4/c1-12(2,3)19-11(18)14-13(10(16)17)8-15-6-4-9(13)5-7-15/h9H,4-8H2,1-3H3,(H,14,18)(H,16,17). The first-order valence-electron chi connectivity index (χ1n) is 6.70. The third kappa shape index (κ3) is 2.83. The minimum absolute atomic E-state index is 0.0116. The van der Waals surface area contributed by atoms with Crippen LogP contribution in [0.3, 0.4) is 0 Å². The number of carbonyl (C=O) groups is 2. The zero-order chi connectivity index (χ0) is 14.3. The molecule has 6 heteroatoms. The van der Waals surface area contributed by atoms with Gasteiger partial charge in [0.1, 0.15) is 5.60 Å². The highest BCUT2D eigenvalue weighted by Gasteiger charge is 2.53. The Morgan fingerprint density at radius 3 is 2.26 bits per heavy atom. The van der Waals surface area contributed by atoms with E-state index in [4.69, 9.17) is 4.74 Å². The van der Waals surface area contributed by atoms with Crippen molar-refractivity contribution in [2.24, 2.45) is 5.92 Å². The van der Waals surface area contributed by atoms with Gasteiger partial charge < -0.3 is 20.1 Å². The molecule has 3 aliphatic heterocycles. The maximum absolute atomic E-state index is 11.9. The molecule has 2 N–H and O–H groups in total. The highest BCUT2D eigenvalue weighted by molar-refractivity contribution is 5.85. The second-order valence-electron chi connectivity index (χ2n) is 6.45. The van der Waals surface area contributed by atoms with E-state index in [1.165, 1.54) is 0 Å². The number of carbonyl (C=O) groups excluding carboxylic acids is 1. The largest absolute Gasteiger partial charge is 0.479 e. The minimum atomic E-state index is -1.20. The fourth-order valence-corrected chi connectivity index (χ4v) is 2.99. The first kappa shape index (κ1) is 14.1. The molecule has 6 nitrogen and oxygen atoms in total. The molecule has 1 amide bonds. The summed E-state index contributed by atoms with van der Waals surface area (Å²) < 4.78 is 5.19. The zero-order valence-corrected chi connectivity index (χ0v) is 11.7. The molecule has 2 bridgehead atoms. The molecule has 0 saturated carbocycles. The number of piperidine rings is 3. The molecule has 3 fully saturated rings. The zero-order valence-electron chi connectivity index (χ0n) is 11.7. The predicted molar refractivity (Wildman–Crippen MR) is 68.9 cm³/mol.